The summed E-state index contributed by atoms with van der Waals surface area (Å²) in [4.78, 5) is 9.72. The monoisotopic (exact) mass is 1330 g/mol. The molecule has 500 valence electrons. The first kappa shape index (κ1) is 64.4. The van der Waals surface area contributed by atoms with Crippen LogP contribution in [0.1, 0.15) is 141 Å². The summed E-state index contributed by atoms with van der Waals surface area (Å²) in [6.45, 7) is 18.7. The molecule has 0 aromatic heterocycles. The topological polar surface area (TPSA) is 60.5 Å². The number of rotatable bonds is 10. The van der Waals surface area contributed by atoms with Gasteiger partial charge in [-0.2, -0.15) is 10.5 Å². The van der Waals surface area contributed by atoms with Gasteiger partial charge in [-0.05, 0) is 182 Å². The van der Waals surface area contributed by atoms with Crippen molar-refractivity contribution in [1.29, 1.82) is 10.5 Å². The molecule has 0 unspecified atom stereocenters. The van der Waals surface area contributed by atoms with Gasteiger partial charge >= 0.3 is 0 Å². The standard InChI is InChI=1S/C97H82N6/c1-94(2)76-28-12-9-10-14-36-84(76)102(90-42-26-20-34-82(90)94)70-56-48-66(49-57-70)92-72(60-64-44-52-68(53-45-64)100-86-38-22-16-30-78(86)96(5,6)79-31-17-23-39-87(79)100)73(61-65-46-54-69(55-47-65)101-88-40-24-18-32-80(88)97(7,8)81-33-19-25-41-89(81)101)93(75(63-99)74(92)62-98)67-50-58-71(59-51-67)103-85-37-15-11-13-29-77(85)95(3,4)83-35-21-27-43-91(83)103/h9-27,29-35,38-59H,28,36-37,60-61H2,1-8H3/b12-9-,14-10-. The molecule has 6 heteroatoms. The SMILES string of the molecule is CC1(C)C2=C(CC=CC=C2)N(c2ccc(-c3c(C#N)c(C#N)c(-c4ccc(N5C6=C(C/C=C\C=C/C6)C(C)(C)c6ccccc65)cc4)c(Cc4ccc(N5c6ccccc6C(C)(C)c6ccccc65)cc4)c3Cc3ccc(N4c5ccccc5C(C)(C)c5ccccc54)cc3)cc2)c2ccccc21. The van der Waals surface area contributed by atoms with E-state index in [2.05, 4.69) is 378 Å². The van der Waals surface area contributed by atoms with Crippen LogP contribution in [0.4, 0.5) is 56.9 Å². The molecule has 11 aromatic carbocycles. The van der Waals surface area contributed by atoms with E-state index in [1.165, 1.54) is 61.6 Å². The fourth-order valence-electron chi connectivity index (χ4n) is 18.1. The average molecular weight is 1330 g/mol. The molecule has 0 radical (unpaired) electrons. The minimum atomic E-state index is -0.228. The highest BCUT2D eigenvalue weighted by Gasteiger charge is 2.42. The van der Waals surface area contributed by atoms with E-state index in [1.54, 1.807) is 0 Å². The Bertz CT molecular complexity index is 5460. The summed E-state index contributed by atoms with van der Waals surface area (Å²) >= 11 is 0. The molecule has 103 heavy (non-hydrogen) atoms. The van der Waals surface area contributed by atoms with Crippen LogP contribution in [0.15, 0.2) is 314 Å². The summed E-state index contributed by atoms with van der Waals surface area (Å²) in [6.07, 6.45) is 21.1. The highest BCUT2D eigenvalue weighted by molar-refractivity contribution is 5.92. The normalized spacial score (nSPS) is 17.3. The predicted molar refractivity (Wildman–Crippen MR) is 427 cm³/mol. The minimum Gasteiger partial charge on any atom is -0.314 e. The molecule has 0 saturated carbocycles. The van der Waals surface area contributed by atoms with Gasteiger partial charge in [-0.25, -0.2) is 0 Å². The van der Waals surface area contributed by atoms with Crippen LogP contribution < -0.4 is 19.6 Å². The number of nitriles is 2. The van der Waals surface area contributed by atoms with E-state index < -0.39 is 0 Å². The van der Waals surface area contributed by atoms with E-state index in [4.69, 9.17) is 0 Å². The van der Waals surface area contributed by atoms with Crippen LogP contribution in [0.5, 0.6) is 0 Å². The lowest BCUT2D eigenvalue weighted by molar-refractivity contribution is 0.584. The molecule has 6 aliphatic rings. The molecule has 0 saturated heterocycles. The van der Waals surface area contributed by atoms with Crippen molar-refractivity contribution >= 4 is 56.9 Å². The molecular formula is C97H82N6. The van der Waals surface area contributed by atoms with E-state index >= 15 is 0 Å². The van der Waals surface area contributed by atoms with Gasteiger partial charge in [0.15, 0.2) is 0 Å². The summed E-state index contributed by atoms with van der Waals surface area (Å²) in [5, 5.41) is 24.3. The van der Waals surface area contributed by atoms with Gasteiger partial charge in [0.2, 0.25) is 0 Å². The molecule has 0 N–H and O–H groups in total. The fraction of sp³-hybridized carbons (Fsp3) is 0.175. The predicted octanol–water partition coefficient (Wildman–Crippen LogP) is 25.0. The lowest BCUT2D eigenvalue weighted by atomic mass is 9.71. The van der Waals surface area contributed by atoms with Crippen molar-refractivity contribution in [1.82, 2.24) is 0 Å². The molecule has 6 nitrogen and oxygen atoms in total. The molecule has 0 bridgehead atoms. The van der Waals surface area contributed by atoms with Crippen molar-refractivity contribution < 1.29 is 0 Å². The van der Waals surface area contributed by atoms with Gasteiger partial charge in [0.25, 0.3) is 0 Å². The van der Waals surface area contributed by atoms with Crippen LogP contribution >= 0.6 is 0 Å². The Hall–Kier alpha value is -12.0. The number of allylic oxidation sites excluding steroid dienone is 10. The lowest BCUT2D eigenvalue weighted by Gasteiger charge is -2.44. The number of benzene rings is 11. The van der Waals surface area contributed by atoms with Gasteiger partial charge in [0.1, 0.15) is 12.1 Å². The maximum Gasteiger partial charge on any atom is 0.101 e. The molecule has 2 aliphatic carbocycles. The van der Waals surface area contributed by atoms with Crippen molar-refractivity contribution in [2.45, 2.75) is 109 Å². The first-order chi connectivity index (χ1) is 50.1. The third-order valence-electron chi connectivity index (χ3n) is 23.3. The van der Waals surface area contributed by atoms with E-state index in [-0.39, 0.29) is 21.7 Å². The number of nitrogens with zero attached hydrogens (tertiary/aromatic N) is 6. The second kappa shape index (κ2) is 25.0. The smallest absolute Gasteiger partial charge is 0.101 e. The van der Waals surface area contributed by atoms with Gasteiger partial charge < -0.3 is 19.6 Å². The number of anilines is 10. The van der Waals surface area contributed by atoms with Gasteiger partial charge in [-0.1, -0.05) is 262 Å². The second-order valence-corrected chi connectivity index (χ2v) is 30.4. The van der Waals surface area contributed by atoms with Crippen LogP contribution in [0.2, 0.25) is 0 Å². The Balaban J connectivity index is 0.872. The Morgan fingerprint density at radius 1 is 0.311 bits per heavy atom. The summed E-state index contributed by atoms with van der Waals surface area (Å²) in [7, 11) is 0. The molecule has 4 heterocycles. The fourth-order valence-corrected chi connectivity index (χ4v) is 18.1. The molecule has 0 spiro atoms. The molecular weight excluding hydrogens is 1250 g/mol. The van der Waals surface area contributed by atoms with Gasteiger partial charge in [-0.3, -0.25) is 0 Å². The zero-order valence-corrected chi connectivity index (χ0v) is 59.9. The second-order valence-electron chi connectivity index (χ2n) is 30.4. The first-order valence-corrected chi connectivity index (χ1v) is 36.4. The quantitative estimate of drug-likeness (QED) is 0.136. The van der Waals surface area contributed by atoms with Crippen molar-refractivity contribution in [3.63, 3.8) is 0 Å². The Morgan fingerprint density at radius 2 is 0.612 bits per heavy atom. The zero-order chi connectivity index (χ0) is 70.5. The highest BCUT2D eigenvalue weighted by Crippen LogP contribution is 2.57. The third-order valence-corrected chi connectivity index (χ3v) is 23.3. The molecule has 0 fully saturated rings. The van der Waals surface area contributed by atoms with Crippen molar-refractivity contribution in [3.05, 3.63) is 381 Å². The Kier molecular flexibility index (Phi) is 15.6. The molecule has 17 rings (SSSR count). The Labute approximate surface area is 607 Å². The van der Waals surface area contributed by atoms with Crippen LogP contribution in [0, 0.1) is 22.7 Å². The number of fused-ring (bicyclic) bond motifs is 6. The summed E-state index contributed by atoms with van der Waals surface area (Å²) in [5.41, 5.74) is 31.4. The van der Waals surface area contributed by atoms with Crippen molar-refractivity contribution in [3.8, 4) is 34.4 Å². The maximum absolute atomic E-state index is 12.2. The summed E-state index contributed by atoms with van der Waals surface area (Å²) < 4.78 is 0. The zero-order valence-electron chi connectivity index (χ0n) is 59.9. The van der Waals surface area contributed by atoms with Crippen LogP contribution in [0.25, 0.3) is 22.3 Å². The maximum atomic E-state index is 12.2. The Morgan fingerprint density at radius 3 is 1.00 bits per heavy atom. The van der Waals surface area contributed by atoms with Crippen LogP contribution in [0.3, 0.4) is 0 Å². The lowest BCUT2D eigenvalue weighted by Crippen LogP contribution is -2.34. The molecule has 11 aromatic rings. The van der Waals surface area contributed by atoms with Crippen LogP contribution in [-0.2, 0) is 34.5 Å². The van der Waals surface area contributed by atoms with E-state index in [9.17, 15) is 10.5 Å². The highest BCUT2D eigenvalue weighted by atomic mass is 15.2. The third kappa shape index (κ3) is 10.4. The van der Waals surface area contributed by atoms with Crippen molar-refractivity contribution in [2.75, 3.05) is 19.6 Å². The van der Waals surface area contributed by atoms with E-state index in [0.717, 1.165) is 115 Å². The first-order valence-electron chi connectivity index (χ1n) is 36.4. The summed E-state index contributed by atoms with van der Waals surface area (Å²) in [5.74, 6) is 0. The number of hydrogen-bond acceptors (Lipinski definition) is 6. The van der Waals surface area contributed by atoms with Gasteiger partial charge in [-0.15, -0.1) is 0 Å². The van der Waals surface area contributed by atoms with Crippen LogP contribution in [-0.4, -0.2) is 0 Å². The molecule has 0 amide bonds. The van der Waals surface area contributed by atoms with Gasteiger partial charge in [0, 0.05) is 91.1 Å². The number of para-hydroxylation sites is 6. The largest absolute Gasteiger partial charge is 0.314 e. The van der Waals surface area contributed by atoms with E-state index in [1.807, 2.05) is 0 Å². The molecule has 4 aliphatic heterocycles. The van der Waals surface area contributed by atoms with E-state index in [0.29, 0.717) is 24.0 Å². The number of hydrogen-bond donors (Lipinski definition) is 0. The summed E-state index contributed by atoms with van der Waals surface area (Å²) in [6, 6.07) is 94.3. The molecule has 0 atom stereocenters. The van der Waals surface area contributed by atoms with Gasteiger partial charge in [0.05, 0.1) is 33.9 Å². The average Bonchev–Trinajstić information content (AvgIpc) is 1.49. The van der Waals surface area contributed by atoms with Crippen molar-refractivity contribution in [2.24, 2.45) is 0 Å². The minimum absolute atomic E-state index is 0.193.